The van der Waals surface area contributed by atoms with Gasteiger partial charge in [0.2, 0.25) is 0 Å². The lowest BCUT2D eigenvalue weighted by Crippen LogP contribution is -2.49. The second-order valence-corrected chi connectivity index (χ2v) is 5.67. The number of carbonyl (C=O) groups excluding carboxylic acids is 1. The lowest BCUT2D eigenvalue weighted by atomic mass is 10.1. The Morgan fingerprint density at radius 2 is 2.25 bits per heavy atom. The number of aldehydes is 1. The quantitative estimate of drug-likeness (QED) is 0.732. The molecule has 0 amide bonds. The van der Waals surface area contributed by atoms with Gasteiger partial charge in [0.15, 0.2) is 6.29 Å². The van der Waals surface area contributed by atoms with Crippen molar-refractivity contribution in [1.29, 1.82) is 0 Å². The smallest absolute Gasteiger partial charge is 0.160 e. The van der Waals surface area contributed by atoms with Crippen molar-refractivity contribution in [3.63, 3.8) is 0 Å². The van der Waals surface area contributed by atoms with Crippen LogP contribution >= 0.6 is 11.3 Å². The second kappa shape index (κ2) is 4.18. The van der Waals surface area contributed by atoms with Crippen LogP contribution in [-0.2, 0) is 0 Å². The monoisotopic (exact) mass is 236 g/mol. The number of thiophene rings is 1. The molecular weight excluding hydrogens is 220 g/mol. The third-order valence-electron chi connectivity index (χ3n) is 3.63. The SMILES string of the molecule is O=Cc1ccc(N2CCN3CCCC3C2)s1. The van der Waals surface area contributed by atoms with Gasteiger partial charge < -0.3 is 4.90 Å². The van der Waals surface area contributed by atoms with Crippen LogP contribution in [0.1, 0.15) is 22.5 Å². The number of rotatable bonds is 2. The molecule has 1 atom stereocenters. The maximum Gasteiger partial charge on any atom is 0.160 e. The van der Waals surface area contributed by atoms with Crippen molar-refractivity contribution in [2.45, 2.75) is 18.9 Å². The third-order valence-corrected chi connectivity index (χ3v) is 4.70. The second-order valence-electron chi connectivity index (χ2n) is 4.57. The van der Waals surface area contributed by atoms with Crippen LogP contribution in [-0.4, -0.2) is 43.4 Å². The van der Waals surface area contributed by atoms with Gasteiger partial charge in [-0.1, -0.05) is 0 Å². The Balaban J connectivity index is 1.73. The molecule has 1 aromatic rings. The number of hydrogen-bond donors (Lipinski definition) is 0. The maximum atomic E-state index is 10.7. The highest BCUT2D eigenvalue weighted by molar-refractivity contribution is 7.17. The molecule has 1 unspecified atom stereocenters. The highest BCUT2D eigenvalue weighted by Gasteiger charge is 2.30. The van der Waals surface area contributed by atoms with Crippen LogP contribution < -0.4 is 4.90 Å². The van der Waals surface area contributed by atoms with Gasteiger partial charge >= 0.3 is 0 Å². The first-order valence-electron chi connectivity index (χ1n) is 5.91. The van der Waals surface area contributed by atoms with Crippen molar-refractivity contribution in [2.75, 3.05) is 31.1 Å². The summed E-state index contributed by atoms with van der Waals surface area (Å²) in [7, 11) is 0. The Hall–Kier alpha value is -0.870. The predicted molar refractivity (Wildman–Crippen MR) is 66.5 cm³/mol. The fourth-order valence-corrected chi connectivity index (χ4v) is 3.62. The molecule has 1 aromatic heterocycles. The number of carbonyl (C=O) groups is 1. The third kappa shape index (κ3) is 1.76. The molecule has 16 heavy (non-hydrogen) atoms. The summed E-state index contributed by atoms with van der Waals surface area (Å²) >= 11 is 1.61. The van der Waals surface area contributed by atoms with E-state index in [2.05, 4.69) is 15.9 Å². The van der Waals surface area contributed by atoms with Crippen LogP contribution in [0.5, 0.6) is 0 Å². The molecule has 0 saturated carbocycles. The molecular formula is C12H16N2OS. The van der Waals surface area contributed by atoms with E-state index in [-0.39, 0.29) is 0 Å². The number of fused-ring (bicyclic) bond motifs is 1. The zero-order valence-corrected chi connectivity index (χ0v) is 10.1. The fourth-order valence-electron chi connectivity index (χ4n) is 2.77. The summed E-state index contributed by atoms with van der Waals surface area (Å²) in [5.74, 6) is 0. The molecule has 2 fully saturated rings. The molecule has 0 bridgehead atoms. The van der Waals surface area contributed by atoms with Gasteiger partial charge in [-0.05, 0) is 31.5 Å². The minimum Gasteiger partial charge on any atom is -0.361 e. The molecule has 0 spiro atoms. The Morgan fingerprint density at radius 1 is 1.31 bits per heavy atom. The van der Waals surface area contributed by atoms with Crippen molar-refractivity contribution in [3.05, 3.63) is 17.0 Å². The first kappa shape index (κ1) is 10.3. The van der Waals surface area contributed by atoms with Crippen molar-refractivity contribution in [2.24, 2.45) is 0 Å². The first-order valence-corrected chi connectivity index (χ1v) is 6.72. The van der Waals surface area contributed by atoms with Gasteiger partial charge in [-0.3, -0.25) is 9.69 Å². The number of piperazine rings is 1. The van der Waals surface area contributed by atoms with E-state index in [0.29, 0.717) is 0 Å². The Morgan fingerprint density at radius 3 is 3.06 bits per heavy atom. The number of anilines is 1. The Labute approximate surface area is 99.7 Å². The average molecular weight is 236 g/mol. The van der Waals surface area contributed by atoms with Gasteiger partial charge in [0.05, 0.1) is 9.88 Å². The summed E-state index contributed by atoms with van der Waals surface area (Å²) in [6, 6.07) is 4.75. The van der Waals surface area contributed by atoms with Gasteiger partial charge in [0.1, 0.15) is 0 Å². The highest BCUT2D eigenvalue weighted by Crippen LogP contribution is 2.29. The molecule has 0 N–H and O–H groups in total. The standard InChI is InChI=1S/C12H16N2OS/c15-9-11-3-4-12(16-11)14-7-6-13-5-1-2-10(13)8-14/h3-4,9-10H,1-2,5-8H2. The van der Waals surface area contributed by atoms with Crippen LogP contribution in [0.15, 0.2) is 12.1 Å². The zero-order chi connectivity index (χ0) is 11.0. The van der Waals surface area contributed by atoms with Gasteiger partial charge in [-0.15, -0.1) is 11.3 Å². The minimum absolute atomic E-state index is 0.746. The van der Waals surface area contributed by atoms with Gasteiger partial charge in [0, 0.05) is 25.7 Å². The largest absolute Gasteiger partial charge is 0.361 e. The van der Waals surface area contributed by atoms with E-state index in [1.54, 1.807) is 11.3 Å². The van der Waals surface area contributed by atoms with E-state index < -0.39 is 0 Å². The minimum atomic E-state index is 0.746. The van der Waals surface area contributed by atoms with E-state index in [1.807, 2.05) is 6.07 Å². The van der Waals surface area contributed by atoms with E-state index in [1.165, 1.54) is 30.9 Å². The molecule has 2 saturated heterocycles. The average Bonchev–Trinajstić information content (AvgIpc) is 2.96. The first-order chi connectivity index (χ1) is 7.86. The van der Waals surface area contributed by atoms with Gasteiger partial charge in [0.25, 0.3) is 0 Å². The predicted octanol–water partition coefficient (Wildman–Crippen LogP) is 1.85. The molecule has 2 aliphatic heterocycles. The molecule has 3 rings (SSSR count). The van der Waals surface area contributed by atoms with Crippen molar-refractivity contribution in [1.82, 2.24) is 4.90 Å². The normalized spacial score (nSPS) is 25.8. The van der Waals surface area contributed by atoms with Crippen LogP contribution in [0.25, 0.3) is 0 Å². The Bertz CT molecular complexity index is 390. The summed E-state index contributed by atoms with van der Waals surface area (Å²) in [6.07, 6.45) is 3.63. The van der Waals surface area contributed by atoms with E-state index in [9.17, 15) is 4.79 Å². The molecule has 86 valence electrons. The maximum absolute atomic E-state index is 10.7. The lowest BCUT2D eigenvalue weighted by molar-refractivity contribution is 0.112. The Kier molecular flexibility index (Phi) is 2.69. The molecule has 0 aliphatic carbocycles. The van der Waals surface area contributed by atoms with E-state index in [0.717, 1.165) is 30.3 Å². The molecule has 2 aliphatic rings. The van der Waals surface area contributed by atoms with Crippen LogP contribution in [0.4, 0.5) is 5.00 Å². The van der Waals surface area contributed by atoms with Crippen molar-refractivity contribution < 1.29 is 4.79 Å². The molecule has 3 nitrogen and oxygen atoms in total. The van der Waals surface area contributed by atoms with Crippen LogP contribution in [0, 0.1) is 0 Å². The van der Waals surface area contributed by atoms with Gasteiger partial charge in [-0.2, -0.15) is 0 Å². The van der Waals surface area contributed by atoms with E-state index >= 15 is 0 Å². The highest BCUT2D eigenvalue weighted by atomic mass is 32.1. The summed E-state index contributed by atoms with van der Waals surface area (Å²) in [5, 5.41) is 1.26. The summed E-state index contributed by atoms with van der Waals surface area (Å²) in [4.78, 5) is 16.5. The number of nitrogens with zero attached hydrogens (tertiary/aromatic N) is 2. The summed E-state index contributed by atoms with van der Waals surface area (Å²) in [5.41, 5.74) is 0. The summed E-state index contributed by atoms with van der Waals surface area (Å²) in [6.45, 7) is 4.70. The zero-order valence-electron chi connectivity index (χ0n) is 9.26. The summed E-state index contributed by atoms with van der Waals surface area (Å²) < 4.78 is 0. The molecule has 3 heterocycles. The topological polar surface area (TPSA) is 23.6 Å². The number of hydrogen-bond acceptors (Lipinski definition) is 4. The molecule has 4 heteroatoms. The van der Waals surface area contributed by atoms with Crippen molar-refractivity contribution in [3.8, 4) is 0 Å². The van der Waals surface area contributed by atoms with Crippen molar-refractivity contribution >= 4 is 22.6 Å². The van der Waals surface area contributed by atoms with Crippen LogP contribution in [0.2, 0.25) is 0 Å². The fraction of sp³-hybridized carbons (Fsp3) is 0.583. The lowest BCUT2D eigenvalue weighted by Gasteiger charge is -2.38. The van der Waals surface area contributed by atoms with Crippen LogP contribution in [0.3, 0.4) is 0 Å². The van der Waals surface area contributed by atoms with Gasteiger partial charge in [-0.25, -0.2) is 0 Å². The molecule has 0 aromatic carbocycles. The molecule has 0 radical (unpaired) electrons. The van der Waals surface area contributed by atoms with E-state index in [4.69, 9.17) is 0 Å².